The average molecular weight is 363 g/mol. The number of imide groups is 1. The predicted octanol–water partition coefficient (Wildman–Crippen LogP) is 1.46. The van der Waals surface area contributed by atoms with E-state index in [2.05, 4.69) is 10.6 Å². The molecule has 2 N–H and O–H groups in total. The van der Waals surface area contributed by atoms with Crippen molar-refractivity contribution in [2.45, 2.75) is 32.9 Å². The second kappa shape index (κ2) is 8.07. The average Bonchev–Trinajstić information content (AvgIpc) is 2.89. The quantitative estimate of drug-likeness (QED) is 0.715. The number of carbonyl (C=O) groups excluding carboxylic acids is 3. The Morgan fingerprint density at radius 1 is 1.23 bits per heavy atom. The SMILES string of the molecule is COc1ccc(OC)c(C(C)NC(=O)CN2C(=O)NC(C(C)C)C2=O)c1. The monoisotopic (exact) mass is 363 g/mol. The molecule has 2 unspecified atom stereocenters. The smallest absolute Gasteiger partial charge is 0.325 e. The molecule has 0 bridgehead atoms. The van der Waals surface area contributed by atoms with Crippen LogP contribution in [0.25, 0.3) is 0 Å². The zero-order chi connectivity index (χ0) is 19.4. The summed E-state index contributed by atoms with van der Waals surface area (Å²) in [5.41, 5.74) is 0.734. The number of carbonyl (C=O) groups is 3. The van der Waals surface area contributed by atoms with Crippen molar-refractivity contribution < 1.29 is 23.9 Å². The van der Waals surface area contributed by atoms with E-state index in [1.807, 2.05) is 13.8 Å². The second-order valence-corrected chi connectivity index (χ2v) is 6.49. The Labute approximate surface area is 152 Å². The van der Waals surface area contributed by atoms with Gasteiger partial charge in [-0.15, -0.1) is 0 Å². The van der Waals surface area contributed by atoms with Crippen LogP contribution in [0.3, 0.4) is 0 Å². The summed E-state index contributed by atoms with van der Waals surface area (Å²) in [5.74, 6) is 0.380. The summed E-state index contributed by atoms with van der Waals surface area (Å²) in [4.78, 5) is 37.5. The normalized spacial score (nSPS) is 17.9. The Hall–Kier alpha value is -2.77. The maximum Gasteiger partial charge on any atom is 0.325 e. The second-order valence-electron chi connectivity index (χ2n) is 6.49. The molecular weight excluding hydrogens is 338 g/mol. The highest BCUT2D eigenvalue weighted by molar-refractivity contribution is 6.06. The first-order valence-corrected chi connectivity index (χ1v) is 8.41. The third kappa shape index (κ3) is 4.07. The highest BCUT2D eigenvalue weighted by Crippen LogP contribution is 2.29. The van der Waals surface area contributed by atoms with E-state index in [0.717, 1.165) is 10.5 Å². The van der Waals surface area contributed by atoms with Crippen LogP contribution in [0.2, 0.25) is 0 Å². The van der Waals surface area contributed by atoms with E-state index < -0.39 is 24.0 Å². The number of rotatable bonds is 7. The highest BCUT2D eigenvalue weighted by Gasteiger charge is 2.40. The van der Waals surface area contributed by atoms with Gasteiger partial charge in [0.2, 0.25) is 5.91 Å². The summed E-state index contributed by atoms with van der Waals surface area (Å²) in [6, 6.07) is 3.75. The Morgan fingerprint density at radius 3 is 2.46 bits per heavy atom. The number of ether oxygens (including phenoxy) is 2. The van der Waals surface area contributed by atoms with Gasteiger partial charge in [0.05, 0.1) is 20.3 Å². The molecule has 1 aromatic carbocycles. The van der Waals surface area contributed by atoms with Crippen LogP contribution in [0.4, 0.5) is 4.79 Å². The standard InChI is InChI=1S/C18H25N3O5/c1-10(2)16-17(23)21(18(24)20-16)9-15(22)19-11(3)13-8-12(25-4)6-7-14(13)26-5/h6-8,10-11,16H,9H2,1-5H3,(H,19,22)(H,20,24). The van der Waals surface area contributed by atoms with Gasteiger partial charge in [-0.25, -0.2) is 4.79 Å². The van der Waals surface area contributed by atoms with Gasteiger partial charge in [-0.05, 0) is 31.0 Å². The Kier molecular flexibility index (Phi) is 6.07. The summed E-state index contributed by atoms with van der Waals surface area (Å²) in [6.45, 7) is 5.13. The minimum atomic E-state index is -0.591. The van der Waals surface area contributed by atoms with Gasteiger partial charge >= 0.3 is 6.03 Å². The number of benzene rings is 1. The highest BCUT2D eigenvalue weighted by atomic mass is 16.5. The molecule has 1 heterocycles. The van der Waals surface area contributed by atoms with E-state index in [-0.39, 0.29) is 18.4 Å². The van der Waals surface area contributed by atoms with E-state index in [1.165, 1.54) is 0 Å². The van der Waals surface area contributed by atoms with Gasteiger partial charge in [0.15, 0.2) is 0 Å². The number of hydrogen-bond acceptors (Lipinski definition) is 5. The van der Waals surface area contributed by atoms with Gasteiger partial charge in [-0.3, -0.25) is 14.5 Å². The third-order valence-electron chi connectivity index (χ3n) is 4.31. The summed E-state index contributed by atoms with van der Waals surface area (Å²) in [7, 11) is 3.09. The molecule has 0 radical (unpaired) electrons. The van der Waals surface area contributed by atoms with Gasteiger partial charge in [0, 0.05) is 5.56 Å². The van der Waals surface area contributed by atoms with Crippen molar-refractivity contribution >= 4 is 17.8 Å². The van der Waals surface area contributed by atoms with Crippen LogP contribution in [0.15, 0.2) is 18.2 Å². The molecule has 26 heavy (non-hydrogen) atoms. The van der Waals surface area contributed by atoms with Crippen molar-refractivity contribution in [3.8, 4) is 11.5 Å². The van der Waals surface area contributed by atoms with Crippen molar-refractivity contribution in [2.24, 2.45) is 5.92 Å². The van der Waals surface area contributed by atoms with E-state index in [0.29, 0.717) is 11.5 Å². The minimum absolute atomic E-state index is 0.0421. The van der Waals surface area contributed by atoms with Crippen LogP contribution in [-0.4, -0.2) is 49.6 Å². The lowest BCUT2D eigenvalue weighted by Crippen LogP contribution is -2.42. The zero-order valence-corrected chi connectivity index (χ0v) is 15.7. The number of methoxy groups -OCH3 is 2. The van der Waals surface area contributed by atoms with Gasteiger partial charge < -0.3 is 20.1 Å². The molecule has 0 spiro atoms. The molecule has 142 valence electrons. The van der Waals surface area contributed by atoms with E-state index in [1.54, 1.807) is 39.3 Å². The fraction of sp³-hybridized carbons (Fsp3) is 0.500. The number of nitrogens with one attached hydrogen (secondary N) is 2. The number of nitrogens with zero attached hydrogens (tertiary/aromatic N) is 1. The van der Waals surface area contributed by atoms with Gasteiger partial charge in [0.25, 0.3) is 5.91 Å². The molecule has 0 saturated carbocycles. The summed E-state index contributed by atoms with van der Waals surface area (Å²) in [6.07, 6.45) is 0. The van der Waals surface area contributed by atoms with Crippen LogP contribution in [-0.2, 0) is 9.59 Å². The summed E-state index contributed by atoms with van der Waals surface area (Å²) >= 11 is 0. The lowest BCUT2D eigenvalue weighted by atomic mass is 10.1. The topological polar surface area (TPSA) is 97.0 Å². The number of amides is 4. The van der Waals surface area contributed by atoms with Crippen LogP contribution in [0.5, 0.6) is 11.5 Å². The molecule has 1 aromatic rings. The van der Waals surface area contributed by atoms with Crippen molar-refractivity contribution in [2.75, 3.05) is 20.8 Å². The van der Waals surface area contributed by atoms with Crippen molar-refractivity contribution in [1.29, 1.82) is 0 Å². The van der Waals surface area contributed by atoms with Crippen molar-refractivity contribution in [3.63, 3.8) is 0 Å². The molecule has 4 amide bonds. The summed E-state index contributed by atoms with van der Waals surface area (Å²) in [5, 5.41) is 5.38. The molecule has 1 aliphatic rings. The molecule has 0 aliphatic carbocycles. The molecule has 1 saturated heterocycles. The number of urea groups is 1. The Balaban J connectivity index is 2.06. The molecule has 0 aromatic heterocycles. The molecule has 8 heteroatoms. The predicted molar refractivity (Wildman–Crippen MR) is 95.0 cm³/mol. The Bertz CT molecular complexity index is 704. The largest absolute Gasteiger partial charge is 0.497 e. The molecule has 1 aliphatic heterocycles. The van der Waals surface area contributed by atoms with Crippen LogP contribution in [0, 0.1) is 5.92 Å². The fourth-order valence-electron chi connectivity index (χ4n) is 2.83. The molecule has 2 atom stereocenters. The first kappa shape index (κ1) is 19.6. The minimum Gasteiger partial charge on any atom is -0.497 e. The van der Waals surface area contributed by atoms with Gasteiger partial charge in [-0.1, -0.05) is 13.8 Å². The van der Waals surface area contributed by atoms with Crippen LogP contribution in [0.1, 0.15) is 32.4 Å². The van der Waals surface area contributed by atoms with Crippen LogP contribution >= 0.6 is 0 Å². The summed E-state index contributed by atoms with van der Waals surface area (Å²) < 4.78 is 10.5. The fourth-order valence-corrected chi connectivity index (χ4v) is 2.83. The van der Waals surface area contributed by atoms with Crippen molar-refractivity contribution in [1.82, 2.24) is 15.5 Å². The number of hydrogen-bond donors (Lipinski definition) is 2. The lowest BCUT2D eigenvalue weighted by molar-refractivity contribution is -0.133. The molecular formula is C18H25N3O5. The maximum absolute atomic E-state index is 12.3. The molecule has 2 rings (SSSR count). The van der Waals surface area contributed by atoms with Gasteiger partial charge in [-0.2, -0.15) is 0 Å². The first-order chi connectivity index (χ1) is 12.3. The van der Waals surface area contributed by atoms with E-state index >= 15 is 0 Å². The first-order valence-electron chi connectivity index (χ1n) is 8.41. The molecule has 8 nitrogen and oxygen atoms in total. The van der Waals surface area contributed by atoms with Crippen molar-refractivity contribution in [3.05, 3.63) is 23.8 Å². The van der Waals surface area contributed by atoms with Gasteiger partial charge in [0.1, 0.15) is 24.1 Å². The maximum atomic E-state index is 12.3. The Morgan fingerprint density at radius 2 is 1.92 bits per heavy atom. The van der Waals surface area contributed by atoms with E-state index in [9.17, 15) is 14.4 Å². The van der Waals surface area contributed by atoms with E-state index in [4.69, 9.17) is 9.47 Å². The molecule has 1 fully saturated rings. The van der Waals surface area contributed by atoms with Crippen LogP contribution < -0.4 is 20.1 Å². The third-order valence-corrected chi connectivity index (χ3v) is 4.31. The zero-order valence-electron chi connectivity index (χ0n) is 15.7. The lowest BCUT2D eigenvalue weighted by Gasteiger charge is -2.20.